The van der Waals surface area contributed by atoms with Gasteiger partial charge in [0.1, 0.15) is 0 Å². The second-order valence-electron chi connectivity index (χ2n) is 7.92. The van der Waals surface area contributed by atoms with Gasteiger partial charge in [-0.25, -0.2) is 4.68 Å². The Balaban J connectivity index is 0.00000140. The van der Waals surface area contributed by atoms with E-state index in [0.717, 1.165) is 57.6 Å². The number of aryl methyl sites for hydroxylation is 1. The van der Waals surface area contributed by atoms with Crippen molar-refractivity contribution >= 4 is 24.8 Å². The second kappa shape index (κ2) is 10.1. The first kappa shape index (κ1) is 23.2. The Morgan fingerprint density at radius 3 is 2.75 bits per heavy atom. The molecule has 2 saturated heterocycles. The highest BCUT2D eigenvalue weighted by Gasteiger charge is 2.39. The molecular formula is C21H32Cl2N4O. The molecule has 3 heterocycles. The van der Waals surface area contributed by atoms with Crippen molar-refractivity contribution in [2.45, 2.75) is 50.8 Å². The lowest BCUT2D eigenvalue weighted by Gasteiger charge is -2.46. The largest absolute Gasteiger partial charge is 0.375 e. The van der Waals surface area contributed by atoms with Crippen LogP contribution in [0.25, 0.3) is 5.69 Å². The Morgan fingerprint density at radius 2 is 2.00 bits per heavy atom. The lowest BCUT2D eigenvalue weighted by molar-refractivity contribution is -0.119. The molecule has 1 N–H and O–H groups in total. The zero-order chi connectivity index (χ0) is 18.0. The number of nitrogens with zero attached hydrogens (tertiary/aromatic N) is 3. The zero-order valence-corrected chi connectivity index (χ0v) is 18.4. The summed E-state index contributed by atoms with van der Waals surface area (Å²) >= 11 is 0. The van der Waals surface area contributed by atoms with E-state index in [0.29, 0.717) is 6.04 Å². The van der Waals surface area contributed by atoms with Gasteiger partial charge in [0.2, 0.25) is 0 Å². The van der Waals surface area contributed by atoms with Crippen molar-refractivity contribution in [1.82, 2.24) is 20.0 Å². The lowest BCUT2D eigenvalue weighted by Crippen LogP contribution is -2.52. The fourth-order valence-corrected chi connectivity index (χ4v) is 4.42. The fourth-order valence-electron chi connectivity index (χ4n) is 4.42. The molecule has 1 aromatic carbocycles. The van der Waals surface area contributed by atoms with Crippen LogP contribution in [-0.4, -0.2) is 53.1 Å². The predicted octanol–water partition coefficient (Wildman–Crippen LogP) is 3.76. The summed E-state index contributed by atoms with van der Waals surface area (Å²) in [5, 5.41) is 8.04. The van der Waals surface area contributed by atoms with Gasteiger partial charge in [-0.15, -0.1) is 24.8 Å². The summed E-state index contributed by atoms with van der Waals surface area (Å²) in [6.07, 6.45) is 8.72. The molecular weight excluding hydrogens is 395 g/mol. The number of hydrogen-bond acceptors (Lipinski definition) is 4. The maximum absolute atomic E-state index is 6.23. The monoisotopic (exact) mass is 426 g/mol. The predicted molar refractivity (Wildman–Crippen MR) is 118 cm³/mol. The van der Waals surface area contributed by atoms with Gasteiger partial charge in [-0.1, -0.05) is 18.2 Å². The van der Waals surface area contributed by atoms with E-state index < -0.39 is 0 Å². The van der Waals surface area contributed by atoms with Crippen molar-refractivity contribution in [2.75, 3.05) is 26.7 Å². The van der Waals surface area contributed by atoms with Crippen LogP contribution in [0.1, 0.15) is 36.8 Å². The summed E-state index contributed by atoms with van der Waals surface area (Å²) in [6.45, 7) is 6.12. The third kappa shape index (κ3) is 5.08. The molecule has 2 aliphatic heterocycles. The first-order valence-electron chi connectivity index (χ1n) is 9.80. The van der Waals surface area contributed by atoms with Crippen LogP contribution in [0, 0.1) is 6.92 Å². The molecule has 28 heavy (non-hydrogen) atoms. The molecule has 1 spiro atoms. The molecule has 1 unspecified atom stereocenters. The zero-order valence-electron chi connectivity index (χ0n) is 16.8. The highest BCUT2D eigenvalue weighted by molar-refractivity contribution is 5.85. The molecule has 0 aliphatic carbocycles. The van der Waals surface area contributed by atoms with Gasteiger partial charge in [0.25, 0.3) is 0 Å². The molecule has 2 fully saturated rings. The van der Waals surface area contributed by atoms with Gasteiger partial charge in [0.05, 0.1) is 17.5 Å². The SMILES string of the molecule is Cc1ccccc1-n1cc(CN(C)C2CCOC3(CCNCC3)C2)cn1.Cl.Cl. The van der Waals surface area contributed by atoms with Crippen LogP contribution < -0.4 is 5.32 Å². The van der Waals surface area contributed by atoms with Gasteiger partial charge < -0.3 is 10.1 Å². The van der Waals surface area contributed by atoms with Gasteiger partial charge in [-0.3, -0.25) is 4.90 Å². The van der Waals surface area contributed by atoms with Crippen molar-refractivity contribution in [3.63, 3.8) is 0 Å². The van der Waals surface area contributed by atoms with E-state index in [9.17, 15) is 0 Å². The summed E-state index contributed by atoms with van der Waals surface area (Å²) in [5.41, 5.74) is 3.77. The average molecular weight is 427 g/mol. The van der Waals surface area contributed by atoms with Crippen LogP contribution in [0.15, 0.2) is 36.7 Å². The molecule has 1 aromatic heterocycles. The first-order valence-corrected chi connectivity index (χ1v) is 9.80. The molecule has 7 heteroatoms. The topological polar surface area (TPSA) is 42.3 Å². The lowest BCUT2D eigenvalue weighted by atomic mass is 9.82. The number of aromatic nitrogens is 2. The first-order chi connectivity index (χ1) is 12.7. The Kier molecular flexibility index (Phi) is 8.34. The summed E-state index contributed by atoms with van der Waals surface area (Å²) < 4.78 is 8.23. The Labute approximate surface area is 180 Å². The van der Waals surface area contributed by atoms with E-state index in [1.807, 2.05) is 10.9 Å². The standard InChI is InChI=1S/C21H30N4O.2ClH/c1-17-5-3-4-6-20(17)25-16-18(14-23-25)15-24(2)19-7-12-26-21(13-19)8-10-22-11-9-21;;/h3-6,14,16,19,22H,7-13,15H2,1-2H3;2*1H. The average Bonchev–Trinajstić information content (AvgIpc) is 3.11. The molecule has 0 amide bonds. The van der Waals surface area contributed by atoms with Crippen LogP contribution in [0.3, 0.4) is 0 Å². The molecule has 0 bridgehead atoms. The maximum Gasteiger partial charge on any atom is 0.0721 e. The molecule has 0 saturated carbocycles. The third-order valence-corrected chi connectivity index (χ3v) is 6.04. The van der Waals surface area contributed by atoms with Crippen LogP contribution >= 0.6 is 24.8 Å². The van der Waals surface area contributed by atoms with Crippen LogP contribution in [0.4, 0.5) is 0 Å². The van der Waals surface area contributed by atoms with Crippen molar-refractivity contribution in [2.24, 2.45) is 0 Å². The Bertz CT molecular complexity index is 740. The van der Waals surface area contributed by atoms with Gasteiger partial charge in [-0.05, 0) is 64.4 Å². The maximum atomic E-state index is 6.23. The van der Waals surface area contributed by atoms with Crippen LogP contribution in [0.2, 0.25) is 0 Å². The number of rotatable bonds is 4. The van der Waals surface area contributed by atoms with E-state index in [2.05, 4.69) is 59.7 Å². The highest BCUT2D eigenvalue weighted by atomic mass is 35.5. The highest BCUT2D eigenvalue weighted by Crippen LogP contribution is 2.35. The molecule has 1 atom stereocenters. The van der Waals surface area contributed by atoms with Gasteiger partial charge in [-0.2, -0.15) is 5.10 Å². The van der Waals surface area contributed by atoms with Gasteiger partial charge in [0.15, 0.2) is 0 Å². The van der Waals surface area contributed by atoms with Crippen molar-refractivity contribution in [3.05, 3.63) is 47.8 Å². The third-order valence-electron chi connectivity index (χ3n) is 6.04. The number of halogens is 2. The number of para-hydroxylation sites is 1. The Morgan fingerprint density at radius 1 is 1.25 bits per heavy atom. The normalized spacial score (nSPS) is 21.2. The number of nitrogens with one attached hydrogen (secondary N) is 1. The summed E-state index contributed by atoms with van der Waals surface area (Å²) in [4.78, 5) is 2.49. The van der Waals surface area contributed by atoms with Gasteiger partial charge >= 0.3 is 0 Å². The summed E-state index contributed by atoms with van der Waals surface area (Å²) in [6, 6.07) is 8.97. The minimum atomic E-state index is 0. The number of piperidine rings is 1. The van der Waals surface area contributed by atoms with Crippen LogP contribution in [0.5, 0.6) is 0 Å². The summed E-state index contributed by atoms with van der Waals surface area (Å²) in [7, 11) is 2.25. The van der Waals surface area contributed by atoms with E-state index >= 15 is 0 Å². The van der Waals surface area contributed by atoms with Gasteiger partial charge in [0, 0.05) is 31.0 Å². The molecule has 5 nitrogen and oxygen atoms in total. The molecule has 2 aromatic rings. The van der Waals surface area contributed by atoms with E-state index in [-0.39, 0.29) is 30.4 Å². The molecule has 4 rings (SSSR count). The quantitative estimate of drug-likeness (QED) is 0.807. The Hall–Kier alpha value is -1.11. The van der Waals surface area contributed by atoms with E-state index in [4.69, 9.17) is 4.74 Å². The molecule has 156 valence electrons. The summed E-state index contributed by atoms with van der Waals surface area (Å²) in [5.74, 6) is 0. The van der Waals surface area contributed by atoms with Crippen molar-refractivity contribution in [3.8, 4) is 5.69 Å². The molecule has 0 radical (unpaired) electrons. The van der Waals surface area contributed by atoms with E-state index in [1.165, 1.54) is 11.1 Å². The number of ether oxygens (including phenoxy) is 1. The number of hydrogen-bond donors (Lipinski definition) is 1. The van der Waals surface area contributed by atoms with Crippen LogP contribution in [-0.2, 0) is 11.3 Å². The van der Waals surface area contributed by atoms with E-state index in [1.54, 1.807) is 0 Å². The fraction of sp³-hybridized carbons (Fsp3) is 0.571. The van der Waals surface area contributed by atoms with Crippen molar-refractivity contribution in [1.29, 1.82) is 0 Å². The number of benzene rings is 1. The minimum Gasteiger partial charge on any atom is -0.375 e. The smallest absolute Gasteiger partial charge is 0.0721 e. The second-order valence-corrected chi connectivity index (χ2v) is 7.92. The van der Waals surface area contributed by atoms with Crippen molar-refractivity contribution < 1.29 is 4.74 Å². The minimum absolute atomic E-state index is 0. The molecule has 2 aliphatic rings.